The van der Waals surface area contributed by atoms with Crippen LogP contribution in [-0.2, 0) is 16.6 Å². The molecule has 1 heterocycles. The van der Waals surface area contributed by atoms with Crippen molar-refractivity contribution >= 4 is 48.3 Å². The molecule has 0 aliphatic carbocycles. The van der Waals surface area contributed by atoms with Gasteiger partial charge >= 0.3 is 0 Å². The Bertz CT molecular complexity index is 1660. The molecule has 37 heavy (non-hydrogen) atoms. The van der Waals surface area contributed by atoms with E-state index in [0.717, 1.165) is 5.56 Å². The first-order chi connectivity index (χ1) is 17.8. The predicted molar refractivity (Wildman–Crippen MR) is 145 cm³/mol. The van der Waals surface area contributed by atoms with Crippen LogP contribution in [0.2, 0.25) is 0 Å². The van der Waals surface area contributed by atoms with Gasteiger partial charge in [0.15, 0.2) is 5.13 Å². The SMILES string of the molecule is CN(c1ccccc1)S(=O)(=O)c1ccc(C(=O)N(Cc2ccccc2)c2nc3ccc(F)cc3s2)cc1. The van der Waals surface area contributed by atoms with Gasteiger partial charge in [-0.2, -0.15) is 0 Å². The molecular formula is C28H22FN3O3S2. The van der Waals surface area contributed by atoms with Crippen LogP contribution >= 0.6 is 11.3 Å². The molecule has 0 saturated heterocycles. The Kier molecular flexibility index (Phi) is 6.73. The molecule has 1 aromatic heterocycles. The fourth-order valence-electron chi connectivity index (χ4n) is 3.85. The van der Waals surface area contributed by atoms with Crippen LogP contribution in [0.25, 0.3) is 10.2 Å². The topological polar surface area (TPSA) is 70.6 Å². The van der Waals surface area contributed by atoms with Gasteiger partial charge in [0.2, 0.25) is 0 Å². The number of para-hydroxylation sites is 1. The highest BCUT2D eigenvalue weighted by Crippen LogP contribution is 2.32. The number of halogens is 1. The van der Waals surface area contributed by atoms with Gasteiger partial charge in [-0.25, -0.2) is 17.8 Å². The average molecular weight is 532 g/mol. The normalized spacial score (nSPS) is 11.4. The third-order valence-corrected chi connectivity index (χ3v) is 8.72. The summed E-state index contributed by atoms with van der Waals surface area (Å²) >= 11 is 1.22. The molecular weight excluding hydrogens is 509 g/mol. The molecule has 5 aromatic rings. The highest BCUT2D eigenvalue weighted by atomic mass is 32.2. The number of carbonyl (C=O) groups excluding carboxylic acids is 1. The number of anilines is 2. The quantitative estimate of drug-likeness (QED) is 0.254. The van der Waals surface area contributed by atoms with E-state index in [4.69, 9.17) is 0 Å². The minimum Gasteiger partial charge on any atom is -0.279 e. The first-order valence-corrected chi connectivity index (χ1v) is 13.6. The first kappa shape index (κ1) is 24.6. The Morgan fingerprint density at radius 3 is 2.22 bits per heavy atom. The molecule has 0 atom stereocenters. The van der Waals surface area contributed by atoms with E-state index in [2.05, 4.69) is 4.98 Å². The van der Waals surface area contributed by atoms with Crippen molar-refractivity contribution < 1.29 is 17.6 Å². The van der Waals surface area contributed by atoms with Gasteiger partial charge in [-0.15, -0.1) is 0 Å². The molecule has 1 amide bonds. The fraction of sp³-hybridized carbons (Fsp3) is 0.0714. The Morgan fingerprint density at radius 2 is 1.54 bits per heavy atom. The van der Waals surface area contributed by atoms with Crippen LogP contribution in [0.3, 0.4) is 0 Å². The van der Waals surface area contributed by atoms with Crippen LogP contribution in [-0.4, -0.2) is 26.4 Å². The van der Waals surface area contributed by atoms with E-state index in [-0.39, 0.29) is 23.2 Å². The van der Waals surface area contributed by atoms with Crippen molar-refractivity contribution in [2.24, 2.45) is 0 Å². The summed E-state index contributed by atoms with van der Waals surface area (Å²) in [5.41, 5.74) is 2.33. The van der Waals surface area contributed by atoms with E-state index >= 15 is 0 Å². The van der Waals surface area contributed by atoms with E-state index in [0.29, 0.717) is 26.6 Å². The Balaban J connectivity index is 1.47. The Hall–Kier alpha value is -4.08. The third kappa shape index (κ3) is 5.09. The van der Waals surface area contributed by atoms with Gasteiger partial charge in [0.05, 0.1) is 27.3 Å². The molecule has 0 saturated carbocycles. The summed E-state index contributed by atoms with van der Waals surface area (Å²) in [4.78, 5) is 19.8. The molecule has 9 heteroatoms. The second-order valence-electron chi connectivity index (χ2n) is 8.32. The summed E-state index contributed by atoms with van der Waals surface area (Å²) in [6.45, 7) is 0.249. The lowest BCUT2D eigenvalue weighted by Crippen LogP contribution is -2.30. The van der Waals surface area contributed by atoms with Gasteiger partial charge in [-0.3, -0.25) is 14.0 Å². The van der Waals surface area contributed by atoms with Crippen LogP contribution in [0.5, 0.6) is 0 Å². The Labute approximate surface area is 218 Å². The number of hydrogen-bond donors (Lipinski definition) is 0. The first-order valence-electron chi connectivity index (χ1n) is 11.4. The standard InChI is InChI=1S/C28H22FN3O3S2/c1-31(23-10-6-3-7-11-23)37(34,35)24-15-12-21(13-16-24)27(33)32(19-20-8-4-2-5-9-20)28-30-25-17-14-22(29)18-26(25)36-28/h2-18H,19H2,1H3. The van der Waals surface area contributed by atoms with Crippen molar-refractivity contribution in [2.75, 3.05) is 16.3 Å². The molecule has 0 radical (unpaired) electrons. The zero-order chi connectivity index (χ0) is 26.0. The third-order valence-electron chi connectivity index (χ3n) is 5.88. The molecule has 6 nitrogen and oxygen atoms in total. The van der Waals surface area contributed by atoms with E-state index in [9.17, 15) is 17.6 Å². The number of amides is 1. The number of sulfonamides is 1. The maximum atomic E-state index is 13.8. The summed E-state index contributed by atoms with van der Waals surface area (Å²) in [6.07, 6.45) is 0. The van der Waals surface area contributed by atoms with Crippen LogP contribution in [0.4, 0.5) is 15.2 Å². The maximum absolute atomic E-state index is 13.8. The second-order valence-corrected chi connectivity index (χ2v) is 11.3. The Morgan fingerprint density at radius 1 is 0.892 bits per heavy atom. The van der Waals surface area contributed by atoms with E-state index in [1.807, 2.05) is 36.4 Å². The van der Waals surface area contributed by atoms with E-state index in [1.165, 1.54) is 64.0 Å². The van der Waals surface area contributed by atoms with E-state index < -0.39 is 10.0 Å². The molecule has 0 aliphatic rings. The lowest BCUT2D eigenvalue weighted by molar-refractivity contribution is 0.0985. The van der Waals surface area contributed by atoms with Crippen molar-refractivity contribution in [3.63, 3.8) is 0 Å². The smallest absolute Gasteiger partial charge is 0.264 e. The minimum atomic E-state index is -3.81. The number of aromatic nitrogens is 1. The van der Waals surface area contributed by atoms with Gasteiger partial charge in [0.1, 0.15) is 5.82 Å². The number of nitrogens with zero attached hydrogens (tertiary/aromatic N) is 3. The molecule has 5 rings (SSSR count). The van der Waals surface area contributed by atoms with Gasteiger partial charge < -0.3 is 0 Å². The number of thiazole rings is 1. The predicted octanol–water partition coefficient (Wildman–Crippen LogP) is 6.11. The molecule has 0 N–H and O–H groups in total. The molecule has 0 fully saturated rings. The van der Waals surface area contributed by atoms with Crippen LogP contribution in [0.15, 0.2) is 108 Å². The van der Waals surface area contributed by atoms with E-state index in [1.54, 1.807) is 30.3 Å². The number of fused-ring (bicyclic) bond motifs is 1. The van der Waals surface area contributed by atoms with Gasteiger partial charge in [-0.1, -0.05) is 59.9 Å². The van der Waals surface area contributed by atoms with Crippen molar-refractivity contribution in [3.05, 3.63) is 120 Å². The molecule has 0 unspecified atom stereocenters. The fourth-order valence-corrected chi connectivity index (χ4v) is 6.04. The largest absolute Gasteiger partial charge is 0.279 e. The monoisotopic (exact) mass is 531 g/mol. The van der Waals surface area contributed by atoms with Crippen molar-refractivity contribution in [2.45, 2.75) is 11.4 Å². The summed E-state index contributed by atoms with van der Waals surface area (Å²) in [6, 6.07) is 28.4. The molecule has 4 aromatic carbocycles. The van der Waals surface area contributed by atoms with Gasteiger partial charge in [0, 0.05) is 12.6 Å². The average Bonchev–Trinajstić information content (AvgIpc) is 3.35. The number of rotatable bonds is 7. The van der Waals surface area contributed by atoms with Gasteiger partial charge in [0.25, 0.3) is 15.9 Å². The number of hydrogen-bond acceptors (Lipinski definition) is 5. The van der Waals surface area contributed by atoms with Gasteiger partial charge in [-0.05, 0) is 60.2 Å². The summed E-state index contributed by atoms with van der Waals surface area (Å²) in [5.74, 6) is -0.718. The minimum absolute atomic E-state index is 0.0699. The highest BCUT2D eigenvalue weighted by Gasteiger charge is 2.25. The summed E-state index contributed by atoms with van der Waals surface area (Å²) < 4.78 is 41.9. The number of carbonyl (C=O) groups is 1. The molecule has 0 aliphatic heterocycles. The molecule has 186 valence electrons. The molecule has 0 bridgehead atoms. The van der Waals surface area contributed by atoms with Crippen molar-refractivity contribution in [1.82, 2.24) is 4.98 Å². The summed E-state index contributed by atoms with van der Waals surface area (Å²) in [5, 5.41) is 0.426. The summed E-state index contributed by atoms with van der Waals surface area (Å²) in [7, 11) is -2.33. The van der Waals surface area contributed by atoms with Crippen LogP contribution < -0.4 is 9.21 Å². The van der Waals surface area contributed by atoms with Crippen LogP contribution in [0.1, 0.15) is 15.9 Å². The zero-order valence-corrected chi connectivity index (χ0v) is 21.4. The maximum Gasteiger partial charge on any atom is 0.264 e. The highest BCUT2D eigenvalue weighted by molar-refractivity contribution is 7.92. The van der Waals surface area contributed by atoms with Crippen molar-refractivity contribution in [3.8, 4) is 0 Å². The number of benzene rings is 4. The van der Waals surface area contributed by atoms with Crippen molar-refractivity contribution in [1.29, 1.82) is 0 Å². The lowest BCUT2D eigenvalue weighted by atomic mass is 10.1. The molecule has 0 spiro atoms. The zero-order valence-electron chi connectivity index (χ0n) is 19.8. The lowest BCUT2D eigenvalue weighted by Gasteiger charge is -2.21. The van der Waals surface area contributed by atoms with Crippen LogP contribution in [0, 0.1) is 5.82 Å². The second kappa shape index (κ2) is 10.1.